The molecule has 0 atom stereocenters. The van der Waals surface area contributed by atoms with Crippen LogP contribution < -0.4 is 11.3 Å². The first-order valence-corrected chi connectivity index (χ1v) is 6.22. The summed E-state index contributed by atoms with van der Waals surface area (Å²) < 4.78 is 0. The van der Waals surface area contributed by atoms with Gasteiger partial charge in [0.1, 0.15) is 0 Å². The number of carbonyl (C=O) groups excluding carboxylic acids is 2. The van der Waals surface area contributed by atoms with E-state index in [9.17, 15) is 19.7 Å². The summed E-state index contributed by atoms with van der Waals surface area (Å²) in [6, 6.07) is 4.02. The summed E-state index contributed by atoms with van der Waals surface area (Å²) in [5.41, 5.74) is 3.11. The number of thioether (sulfide) groups is 1. The SMILES string of the molecule is NNc1ccc([N+](=O)[O-])cc1CN1C(=O)CSC1=O. The largest absolute Gasteiger partial charge is 0.324 e. The molecule has 1 saturated heterocycles. The third-order valence-electron chi connectivity index (χ3n) is 2.62. The number of carbonyl (C=O) groups is 2. The maximum Gasteiger partial charge on any atom is 0.289 e. The number of hydrogen-bond donors (Lipinski definition) is 2. The van der Waals surface area contributed by atoms with Crippen molar-refractivity contribution in [1.29, 1.82) is 0 Å². The molecule has 1 aliphatic rings. The molecule has 1 heterocycles. The summed E-state index contributed by atoms with van der Waals surface area (Å²) in [5.74, 6) is 5.09. The van der Waals surface area contributed by atoms with Gasteiger partial charge in [0.05, 0.1) is 22.9 Å². The molecule has 1 aromatic carbocycles. The van der Waals surface area contributed by atoms with Crippen molar-refractivity contribution in [1.82, 2.24) is 4.90 Å². The minimum absolute atomic E-state index is 0.0358. The molecular weight excluding hydrogens is 272 g/mol. The Labute approximate surface area is 112 Å². The minimum Gasteiger partial charge on any atom is -0.324 e. The monoisotopic (exact) mass is 282 g/mol. The van der Waals surface area contributed by atoms with Crippen molar-refractivity contribution in [3.63, 3.8) is 0 Å². The smallest absolute Gasteiger partial charge is 0.289 e. The topological polar surface area (TPSA) is 119 Å². The number of non-ortho nitro benzene ring substituents is 1. The van der Waals surface area contributed by atoms with E-state index in [0.717, 1.165) is 16.7 Å². The molecule has 0 aromatic heterocycles. The van der Waals surface area contributed by atoms with E-state index in [4.69, 9.17) is 5.84 Å². The van der Waals surface area contributed by atoms with E-state index >= 15 is 0 Å². The van der Waals surface area contributed by atoms with Crippen LogP contribution in [0.3, 0.4) is 0 Å². The van der Waals surface area contributed by atoms with Crippen LogP contribution in [0.2, 0.25) is 0 Å². The molecule has 19 heavy (non-hydrogen) atoms. The van der Waals surface area contributed by atoms with Gasteiger partial charge < -0.3 is 5.43 Å². The van der Waals surface area contributed by atoms with Crippen molar-refractivity contribution in [2.45, 2.75) is 6.54 Å². The van der Waals surface area contributed by atoms with Crippen LogP contribution in [-0.4, -0.2) is 26.7 Å². The van der Waals surface area contributed by atoms with Gasteiger partial charge in [0.2, 0.25) is 5.91 Å². The zero-order valence-corrected chi connectivity index (χ0v) is 10.5. The van der Waals surface area contributed by atoms with Crippen LogP contribution in [0, 0.1) is 10.1 Å². The molecule has 0 saturated carbocycles. The van der Waals surface area contributed by atoms with Crippen molar-refractivity contribution in [2.75, 3.05) is 11.2 Å². The van der Waals surface area contributed by atoms with Gasteiger partial charge in [0, 0.05) is 17.7 Å². The summed E-state index contributed by atoms with van der Waals surface area (Å²) in [6.07, 6.45) is 0. The number of nitrogens with two attached hydrogens (primary N) is 1. The predicted molar refractivity (Wildman–Crippen MR) is 69.3 cm³/mol. The highest BCUT2D eigenvalue weighted by atomic mass is 32.2. The molecular formula is C10H10N4O4S. The van der Waals surface area contributed by atoms with Crippen LogP contribution in [0.4, 0.5) is 16.2 Å². The van der Waals surface area contributed by atoms with Crippen LogP contribution in [-0.2, 0) is 11.3 Å². The van der Waals surface area contributed by atoms with Crippen molar-refractivity contribution in [3.8, 4) is 0 Å². The van der Waals surface area contributed by atoms with Crippen molar-refractivity contribution in [3.05, 3.63) is 33.9 Å². The van der Waals surface area contributed by atoms with E-state index in [0.29, 0.717) is 11.3 Å². The summed E-state index contributed by atoms with van der Waals surface area (Å²) in [6.45, 7) is -0.0358. The molecule has 2 rings (SSSR count). The number of nitro benzene ring substituents is 1. The molecule has 0 radical (unpaired) electrons. The second-order valence-corrected chi connectivity index (χ2v) is 4.70. The number of nitrogens with zero attached hydrogens (tertiary/aromatic N) is 2. The molecule has 0 bridgehead atoms. The number of hydrogen-bond acceptors (Lipinski definition) is 7. The minimum atomic E-state index is -0.549. The first kappa shape index (κ1) is 13.3. The van der Waals surface area contributed by atoms with Gasteiger partial charge >= 0.3 is 0 Å². The zero-order chi connectivity index (χ0) is 14.0. The molecule has 8 nitrogen and oxygen atoms in total. The van der Waals surface area contributed by atoms with Crippen LogP contribution in [0.1, 0.15) is 5.56 Å². The van der Waals surface area contributed by atoms with Crippen molar-refractivity contribution < 1.29 is 14.5 Å². The molecule has 0 unspecified atom stereocenters. The Kier molecular flexibility index (Phi) is 3.67. The average molecular weight is 282 g/mol. The second-order valence-electron chi connectivity index (χ2n) is 3.78. The maximum atomic E-state index is 11.5. The van der Waals surface area contributed by atoms with Gasteiger partial charge in [0.15, 0.2) is 0 Å². The van der Waals surface area contributed by atoms with Gasteiger partial charge in [-0.3, -0.25) is 30.4 Å². The summed E-state index contributed by atoms with van der Waals surface area (Å²) in [4.78, 5) is 34.2. The van der Waals surface area contributed by atoms with Crippen molar-refractivity contribution in [2.24, 2.45) is 5.84 Å². The molecule has 0 aliphatic carbocycles. The highest BCUT2D eigenvalue weighted by molar-refractivity contribution is 8.14. The van der Waals surface area contributed by atoms with Crippen LogP contribution >= 0.6 is 11.8 Å². The number of nitrogen functional groups attached to an aromatic ring is 1. The lowest BCUT2D eigenvalue weighted by Gasteiger charge is -2.15. The van der Waals surface area contributed by atoms with Gasteiger partial charge in [-0.1, -0.05) is 11.8 Å². The zero-order valence-electron chi connectivity index (χ0n) is 9.66. The average Bonchev–Trinajstić information content (AvgIpc) is 2.70. The van der Waals surface area contributed by atoms with E-state index in [2.05, 4.69) is 5.43 Å². The number of benzene rings is 1. The number of imide groups is 1. The number of rotatable bonds is 4. The Bertz CT molecular complexity index is 546. The Morgan fingerprint density at radius 1 is 1.47 bits per heavy atom. The lowest BCUT2D eigenvalue weighted by atomic mass is 10.1. The van der Waals surface area contributed by atoms with Gasteiger partial charge in [-0.25, -0.2) is 0 Å². The maximum absolute atomic E-state index is 11.5. The lowest BCUT2D eigenvalue weighted by molar-refractivity contribution is -0.384. The summed E-state index contributed by atoms with van der Waals surface area (Å²) in [5, 5.41) is 10.4. The fourth-order valence-electron chi connectivity index (χ4n) is 1.67. The Morgan fingerprint density at radius 2 is 2.21 bits per heavy atom. The first-order chi connectivity index (χ1) is 9.02. The third-order valence-corrected chi connectivity index (χ3v) is 3.48. The molecule has 0 spiro atoms. The predicted octanol–water partition coefficient (Wildman–Crippen LogP) is 1.08. The molecule has 1 fully saturated rings. The van der Waals surface area contributed by atoms with Crippen LogP contribution in [0.15, 0.2) is 18.2 Å². The summed E-state index contributed by atoms with van der Waals surface area (Å²) >= 11 is 0.909. The van der Waals surface area contributed by atoms with E-state index in [1.165, 1.54) is 18.2 Å². The fraction of sp³-hybridized carbons (Fsp3) is 0.200. The normalized spacial score (nSPS) is 14.9. The second kappa shape index (κ2) is 5.24. The van der Waals surface area contributed by atoms with Gasteiger partial charge in [-0.15, -0.1) is 0 Å². The number of anilines is 1. The van der Waals surface area contributed by atoms with Crippen LogP contribution in [0.5, 0.6) is 0 Å². The van der Waals surface area contributed by atoms with E-state index in [1.807, 2.05) is 0 Å². The number of amides is 2. The highest BCUT2D eigenvalue weighted by Gasteiger charge is 2.30. The number of hydrazine groups is 1. The Morgan fingerprint density at radius 3 is 2.74 bits per heavy atom. The Hall–Kier alpha value is -2.13. The van der Waals surface area contributed by atoms with E-state index in [-0.39, 0.29) is 29.1 Å². The van der Waals surface area contributed by atoms with Gasteiger partial charge in [-0.05, 0) is 6.07 Å². The van der Waals surface area contributed by atoms with Crippen LogP contribution in [0.25, 0.3) is 0 Å². The Balaban J connectivity index is 2.32. The molecule has 2 amide bonds. The molecule has 1 aliphatic heterocycles. The number of nitrogens with one attached hydrogen (secondary N) is 1. The standard InChI is InChI=1S/C10H10N4O4S/c11-12-8-2-1-7(14(17)18)3-6(8)4-13-9(15)5-19-10(13)16/h1-3,12H,4-5,11H2. The molecule has 1 aromatic rings. The quantitative estimate of drug-likeness (QED) is 0.481. The van der Waals surface area contributed by atoms with Crippen molar-refractivity contribution >= 4 is 34.3 Å². The summed E-state index contributed by atoms with van der Waals surface area (Å²) in [7, 11) is 0. The van der Waals surface area contributed by atoms with Gasteiger partial charge in [0.25, 0.3) is 10.9 Å². The molecule has 3 N–H and O–H groups in total. The lowest BCUT2D eigenvalue weighted by Crippen LogP contribution is -2.28. The van der Waals surface area contributed by atoms with E-state index in [1.54, 1.807) is 0 Å². The number of nitro groups is 1. The van der Waals surface area contributed by atoms with E-state index < -0.39 is 4.92 Å². The highest BCUT2D eigenvalue weighted by Crippen LogP contribution is 2.26. The fourth-order valence-corrected chi connectivity index (χ4v) is 2.39. The first-order valence-electron chi connectivity index (χ1n) is 5.24. The van der Waals surface area contributed by atoms with Gasteiger partial charge in [-0.2, -0.15) is 0 Å². The third kappa shape index (κ3) is 2.66. The molecule has 100 valence electrons. The molecule has 9 heteroatoms.